The predicted molar refractivity (Wildman–Crippen MR) is 97.9 cm³/mol. The van der Waals surface area contributed by atoms with E-state index in [0.29, 0.717) is 0 Å². The van der Waals surface area contributed by atoms with Crippen LogP contribution in [0.2, 0.25) is 0 Å². The van der Waals surface area contributed by atoms with Crippen molar-refractivity contribution in [1.82, 2.24) is 10.6 Å². The lowest BCUT2D eigenvalue weighted by Crippen LogP contribution is -2.53. The highest BCUT2D eigenvalue weighted by molar-refractivity contribution is 8.76. The van der Waals surface area contributed by atoms with Gasteiger partial charge in [-0.2, -0.15) is 0 Å². The van der Waals surface area contributed by atoms with E-state index in [0.717, 1.165) is 21.6 Å². The number of carbonyl (C=O) groups is 5. The Morgan fingerprint density at radius 3 is 2.00 bits per heavy atom. The Balaban J connectivity index is 4.85. The van der Waals surface area contributed by atoms with Crippen molar-refractivity contribution in [2.24, 2.45) is 11.5 Å². The van der Waals surface area contributed by atoms with Crippen molar-refractivity contribution in [3.63, 3.8) is 0 Å². The zero-order chi connectivity index (χ0) is 21.0. The molecule has 0 aliphatic heterocycles. The minimum Gasteiger partial charge on any atom is -0.480 e. The zero-order valence-electron chi connectivity index (χ0n) is 14.1. The SMILES string of the molecule is NC(=O)CC[C@H](NC(CSSCC(N)C(=O)O)C(=O)NCC(=O)O)C(=O)O. The molecule has 0 spiro atoms. The Morgan fingerprint density at radius 2 is 1.52 bits per heavy atom. The lowest BCUT2D eigenvalue weighted by Gasteiger charge is -2.22. The number of nitrogens with two attached hydrogens (primary N) is 2. The largest absolute Gasteiger partial charge is 0.480 e. The number of hydrogen-bond acceptors (Lipinski definition) is 9. The molecule has 0 fully saturated rings. The number of primary amides is 1. The fourth-order valence-corrected chi connectivity index (χ4v) is 3.89. The fourth-order valence-electron chi connectivity index (χ4n) is 1.60. The monoisotopic (exact) mass is 426 g/mol. The van der Waals surface area contributed by atoms with Crippen LogP contribution in [0.4, 0.5) is 0 Å². The first-order valence-electron chi connectivity index (χ1n) is 7.54. The molecule has 2 unspecified atom stereocenters. The van der Waals surface area contributed by atoms with Gasteiger partial charge in [0, 0.05) is 17.9 Å². The van der Waals surface area contributed by atoms with Gasteiger partial charge in [0.15, 0.2) is 0 Å². The Kier molecular flexibility index (Phi) is 12.2. The second-order valence-corrected chi connectivity index (χ2v) is 7.79. The number of carboxylic acids is 3. The minimum absolute atomic E-state index is 0.00279. The molecule has 2 amide bonds. The molecule has 0 saturated heterocycles. The van der Waals surface area contributed by atoms with Crippen molar-refractivity contribution in [2.45, 2.75) is 31.0 Å². The molecule has 0 rings (SSSR count). The van der Waals surface area contributed by atoms with E-state index < -0.39 is 54.4 Å². The van der Waals surface area contributed by atoms with E-state index in [9.17, 15) is 29.1 Å². The highest BCUT2D eigenvalue weighted by atomic mass is 33.1. The molecule has 0 aromatic rings. The van der Waals surface area contributed by atoms with Gasteiger partial charge in [-0.05, 0) is 6.42 Å². The van der Waals surface area contributed by atoms with Gasteiger partial charge >= 0.3 is 17.9 Å². The number of aliphatic carboxylic acids is 3. The summed E-state index contributed by atoms with van der Waals surface area (Å²) >= 11 is 0. The topological polar surface area (TPSA) is 222 Å². The van der Waals surface area contributed by atoms with E-state index in [4.69, 9.17) is 21.7 Å². The Bertz CT molecular complexity index is 562. The van der Waals surface area contributed by atoms with Crippen molar-refractivity contribution < 1.29 is 39.3 Å². The molecule has 27 heavy (non-hydrogen) atoms. The first-order chi connectivity index (χ1) is 12.5. The van der Waals surface area contributed by atoms with Crippen molar-refractivity contribution in [3.8, 4) is 0 Å². The van der Waals surface area contributed by atoms with E-state index in [1.54, 1.807) is 0 Å². The molecule has 0 aliphatic carbocycles. The number of hydrogen-bond donors (Lipinski definition) is 7. The van der Waals surface area contributed by atoms with E-state index in [1.807, 2.05) is 0 Å². The van der Waals surface area contributed by atoms with Crippen LogP contribution < -0.4 is 22.1 Å². The van der Waals surface area contributed by atoms with Gasteiger partial charge in [-0.25, -0.2) is 0 Å². The van der Waals surface area contributed by atoms with Crippen LogP contribution in [0.15, 0.2) is 0 Å². The van der Waals surface area contributed by atoms with Gasteiger partial charge in [-0.15, -0.1) is 0 Å². The summed E-state index contributed by atoms with van der Waals surface area (Å²) in [5, 5.41) is 31.2. The summed E-state index contributed by atoms with van der Waals surface area (Å²) in [4.78, 5) is 55.5. The molecule has 154 valence electrons. The molecule has 3 atom stereocenters. The van der Waals surface area contributed by atoms with E-state index in [2.05, 4.69) is 10.6 Å². The summed E-state index contributed by atoms with van der Waals surface area (Å²) in [6.45, 7) is -0.655. The first kappa shape index (κ1) is 25.0. The molecule has 0 aromatic carbocycles. The highest BCUT2D eigenvalue weighted by Crippen LogP contribution is 2.23. The average molecular weight is 426 g/mol. The number of amides is 2. The van der Waals surface area contributed by atoms with Crippen molar-refractivity contribution in [1.29, 1.82) is 0 Å². The molecule has 0 radical (unpaired) electrons. The Hall–Kier alpha value is -2.03. The molecule has 0 aromatic heterocycles. The van der Waals surface area contributed by atoms with Crippen molar-refractivity contribution >= 4 is 51.3 Å². The maximum absolute atomic E-state index is 12.1. The predicted octanol–water partition coefficient (Wildman–Crippen LogP) is -2.34. The molecule has 0 saturated carbocycles. The quantitative estimate of drug-likeness (QED) is 0.108. The number of carboxylic acid groups (broad SMARTS) is 3. The van der Waals surface area contributed by atoms with Gasteiger partial charge < -0.3 is 32.1 Å². The van der Waals surface area contributed by atoms with Gasteiger partial charge in [0.1, 0.15) is 18.6 Å². The Morgan fingerprint density at radius 1 is 0.926 bits per heavy atom. The second kappa shape index (κ2) is 13.2. The van der Waals surface area contributed by atoms with Crippen LogP contribution >= 0.6 is 21.6 Å². The molecule has 0 bridgehead atoms. The van der Waals surface area contributed by atoms with Gasteiger partial charge in [0.25, 0.3) is 0 Å². The van der Waals surface area contributed by atoms with Crippen LogP contribution in [-0.2, 0) is 24.0 Å². The average Bonchev–Trinajstić information content (AvgIpc) is 2.57. The van der Waals surface area contributed by atoms with Gasteiger partial charge in [-0.1, -0.05) is 21.6 Å². The number of carbonyl (C=O) groups excluding carboxylic acids is 2. The summed E-state index contributed by atoms with van der Waals surface area (Å²) in [5.74, 6) is -5.18. The summed E-state index contributed by atoms with van der Waals surface area (Å²) in [7, 11) is 2.13. The van der Waals surface area contributed by atoms with E-state index in [-0.39, 0.29) is 24.3 Å². The van der Waals surface area contributed by atoms with Crippen LogP contribution in [0.3, 0.4) is 0 Å². The van der Waals surface area contributed by atoms with Crippen LogP contribution in [-0.4, -0.2) is 81.2 Å². The van der Waals surface area contributed by atoms with Crippen LogP contribution in [0, 0.1) is 0 Å². The van der Waals surface area contributed by atoms with Gasteiger partial charge in [0.05, 0.1) is 6.04 Å². The van der Waals surface area contributed by atoms with Crippen LogP contribution in [0.5, 0.6) is 0 Å². The summed E-state index contributed by atoms with van der Waals surface area (Å²) in [6.07, 6.45) is -0.377. The van der Waals surface area contributed by atoms with E-state index in [1.165, 1.54) is 0 Å². The molecule has 0 heterocycles. The third-order valence-corrected chi connectivity index (χ3v) is 5.44. The van der Waals surface area contributed by atoms with Crippen LogP contribution in [0.1, 0.15) is 12.8 Å². The zero-order valence-corrected chi connectivity index (χ0v) is 15.8. The third kappa shape index (κ3) is 12.1. The minimum atomic E-state index is -1.31. The van der Waals surface area contributed by atoms with Gasteiger partial charge in [0.2, 0.25) is 11.8 Å². The third-order valence-electron chi connectivity index (χ3n) is 2.99. The molecular weight excluding hydrogens is 404 g/mol. The lowest BCUT2D eigenvalue weighted by atomic mass is 10.1. The highest BCUT2D eigenvalue weighted by Gasteiger charge is 2.27. The molecular formula is C13H22N4O8S2. The maximum atomic E-state index is 12.1. The maximum Gasteiger partial charge on any atom is 0.322 e. The van der Waals surface area contributed by atoms with Crippen molar-refractivity contribution in [2.75, 3.05) is 18.1 Å². The van der Waals surface area contributed by atoms with Crippen molar-refractivity contribution in [3.05, 3.63) is 0 Å². The summed E-state index contributed by atoms with van der Waals surface area (Å²) in [6, 6.07) is -3.46. The summed E-state index contributed by atoms with van der Waals surface area (Å²) < 4.78 is 0. The lowest BCUT2D eigenvalue weighted by molar-refractivity contribution is -0.141. The van der Waals surface area contributed by atoms with E-state index >= 15 is 0 Å². The number of nitrogens with one attached hydrogen (secondary N) is 2. The van der Waals surface area contributed by atoms with Crippen LogP contribution in [0.25, 0.3) is 0 Å². The molecule has 0 aliphatic rings. The standard InChI is InChI=1S/C13H22N4O8S2/c14-6(12(22)23)4-26-27-5-8(11(21)16-3-10(19)20)17-7(13(24)25)1-2-9(15)18/h6-8,17H,1-5,14H2,(H2,15,18)(H,16,21)(H,19,20)(H,22,23)(H,24,25)/t6?,7-,8?/m0/s1. The molecule has 12 nitrogen and oxygen atoms in total. The molecule has 14 heteroatoms. The molecule has 9 N–H and O–H groups in total. The normalized spacial score (nSPS) is 14.0. The smallest absolute Gasteiger partial charge is 0.322 e. The fraction of sp³-hybridized carbons (Fsp3) is 0.615. The first-order valence-corrected chi connectivity index (χ1v) is 10.0. The second-order valence-electron chi connectivity index (χ2n) is 5.24. The number of rotatable bonds is 15. The summed E-state index contributed by atoms with van der Waals surface area (Å²) in [5.41, 5.74) is 10.3. The Labute approximate surface area is 162 Å². The van der Waals surface area contributed by atoms with Gasteiger partial charge in [-0.3, -0.25) is 29.3 Å².